The molecule has 2 aromatic rings. The second kappa shape index (κ2) is 7.84. The molecule has 2 aromatic heterocycles. The molecule has 0 saturated carbocycles. The molecule has 0 aliphatic rings. The lowest BCUT2D eigenvalue weighted by Crippen LogP contribution is -2.46. The van der Waals surface area contributed by atoms with Gasteiger partial charge in [-0.1, -0.05) is 13.0 Å². The molecule has 1 unspecified atom stereocenters. The Morgan fingerprint density at radius 3 is 2.91 bits per heavy atom. The zero-order chi connectivity index (χ0) is 16.9. The first kappa shape index (κ1) is 17.8. The van der Waals surface area contributed by atoms with Crippen LogP contribution in [0.3, 0.4) is 0 Å². The summed E-state index contributed by atoms with van der Waals surface area (Å²) in [6.07, 6.45) is 5.43. The van der Waals surface area contributed by atoms with Crippen molar-refractivity contribution < 1.29 is 9.90 Å². The summed E-state index contributed by atoms with van der Waals surface area (Å²) < 4.78 is 2.01. The lowest BCUT2D eigenvalue weighted by molar-refractivity contribution is -0.120. The maximum absolute atomic E-state index is 12.1. The van der Waals surface area contributed by atoms with E-state index in [9.17, 15) is 4.79 Å². The van der Waals surface area contributed by atoms with Crippen molar-refractivity contribution in [2.24, 2.45) is 0 Å². The average Bonchev–Trinajstić information content (AvgIpc) is 2.89. The molecular formula is C17H25N3O2S. The largest absolute Gasteiger partial charge is 0.396 e. The number of amides is 1. The molecule has 2 heterocycles. The van der Waals surface area contributed by atoms with Crippen LogP contribution in [-0.2, 0) is 10.5 Å². The Bertz CT molecular complexity index is 671. The number of hydrogen-bond donors (Lipinski definition) is 2. The molecule has 6 heteroatoms. The smallest absolute Gasteiger partial charge is 0.230 e. The Balaban J connectivity index is 1.84. The van der Waals surface area contributed by atoms with Gasteiger partial charge in [0.05, 0.1) is 11.4 Å². The summed E-state index contributed by atoms with van der Waals surface area (Å²) in [5, 5.41) is 12.1. The number of fused-ring (bicyclic) bond motifs is 1. The molecule has 2 rings (SSSR count). The van der Waals surface area contributed by atoms with Crippen molar-refractivity contribution >= 4 is 23.3 Å². The van der Waals surface area contributed by atoms with E-state index in [0.717, 1.165) is 17.8 Å². The number of carbonyl (C=O) groups is 1. The lowest BCUT2D eigenvalue weighted by atomic mass is 9.95. The highest BCUT2D eigenvalue weighted by Crippen LogP contribution is 2.16. The summed E-state index contributed by atoms with van der Waals surface area (Å²) in [4.78, 5) is 16.6. The number of nitrogens with one attached hydrogen (secondary N) is 1. The zero-order valence-electron chi connectivity index (χ0n) is 14.0. The van der Waals surface area contributed by atoms with E-state index in [0.29, 0.717) is 17.9 Å². The number of pyridine rings is 1. The Kier molecular flexibility index (Phi) is 6.07. The molecule has 1 amide bonds. The van der Waals surface area contributed by atoms with E-state index in [4.69, 9.17) is 5.11 Å². The highest BCUT2D eigenvalue weighted by atomic mass is 32.2. The van der Waals surface area contributed by atoms with Crippen molar-refractivity contribution in [1.82, 2.24) is 14.7 Å². The number of aliphatic hydroxyl groups excluding tert-OH is 1. The molecule has 0 aliphatic heterocycles. The van der Waals surface area contributed by atoms with Crippen LogP contribution in [0, 0.1) is 6.92 Å². The van der Waals surface area contributed by atoms with Gasteiger partial charge in [-0.25, -0.2) is 4.98 Å². The van der Waals surface area contributed by atoms with Gasteiger partial charge in [0.2, 0.25) is 5.91 Å². The first-order valence-corrected chi connectivity index (χ1v) is 9.05. The maximum Gasteiger partial charge on any atom is 0.230 e. The molecular weight excluding hydrogens is 310 g/mol. The van der Waals surface area contributed by atoms with Gasteiger partial charge in [-0.15, -0.1) is 11.8 Å². The van der Waals surface area contributed by atoms with E-state index in [-0.39, 0.29) is 18.1 Å². The van der Waals surface area contributed by atoms with Gasteiger partial charge < -0.3 is 14.8 Å². The van der Waals surface area contributed by atoms with Crippen LogP contribution in [-0.4, -0.2) is 38.3 Å². The molecule has 0 saturated heterocycles. The fourth-order valence-electron chi connectivity index (χ4n) is 2.42. The highest BCUT2D eigenvalue weighted by Gasteiger charge is 2.23. The van der Waals surface area contributed by atoms with Gasteiger partial charge in [0, 0.05) is 30.3 Å². The van der Waals surface area contributed by atoms with Crippen molar-refractivity contribution in [3.8, 4) is 0 Å². The van der Waals surface area contributed by atoms with Crippen molar-refractivity contribution in [1.29, 1.82) is 0 Å². The quantitative estimate of drug-likeness (QED) is 0.778. The standard InChI is InChI=1S/C17H25N3O2S/c1-4-17(3,7-8-21)19-16(22)12-23-11-14-10-20-9-13(2)5-6-15(20)18-14/h5-6,9-10,21H,4,7-8,11-12H2,1-3H3,(H,19,22). The van der Waals surface area contributed by atoms with Gasteiger partial charge in [-0.05, 0) is 38.3 Å². The van der Waals surface area contributed by atoms with Crippen LogP contribution in [0.1, 0.15) is 37.9 Å². The molecule has 23 heavy (non-hydrogen) atoms. The number of aromatic nitrogens is 2. The van der Waals surface area contributed by atoms with Crippen molar-refractivity contribution in [2.45, 2.75) is 44.9 Å². The Morgan fingerprint density at radius 2 is 2.22 bits per heavy atom. The summed E-state index contributed by atoms with van der Waals surface area (Å²) in [7, 11) is 0. The van der Waals surface area contributed by atoms with E-state index >= 15 is 0 Å². The predicted molar refractivity (Wildman–Crippen MR) is 94.6 cm³/mol. The molecule has 0 radical (unpaired) electrons. The molecule has 1 atom stereocenters. The minimum Gasteiger partial charge on any atom is -0.396 e. The normalized spacial score (nSPS) is 13.9. The number of nitrogens with zero attached hydrogens (tertiary/aromatic N) is 2. The summed E-state index contributed by atoms with van der Waals surface area (Å²) in [5.41, 5.74) is 2.77. The Morgan fingerprint density at radius 1 is 1.43 bits per heavy atom. The van der Waals surface area contributed by atoms with E-state index in [2.05, 4.69) is 17.2 Å². The Hall–Kier alpha value is -1.53. The van der Waals surface area contributed by atoms with Crippen molar-refractivity contribution in [3.63, 3.8) is 0 Å². The average molecular weight is 335 g/mol. The van der Waals surface area contributed by atoms with Crippen molar-refractivity contribution in [2.75, 3.05) is 12.4 Å². The predicted octanol–water partition coefficient (Wildman–Crippen LogP) is 2.54. The van der Waals surface area contributed by atoms with E-state index < -0.39 is 0 Å². The maximum atomic E-state index is 12.1. The first-order chi connectivity index (χ1) is 11.0. The Labute approximate surface area is 141 Å². The van der Waals surface area contributed by atoms with Gasteiger partial charge in [-0.2, -0.15) is 0 Å². The molecule has 0 aliphatic carbocycles. The number of aliphatic hydroxyl groups is 1. The van der Waals surface area contributed by atoms with Crippen LogP contribution < -0.4 is 5.32 Å². The SMILES string of the molecule is CCC(C)(CCO)NC(=O)CSCc1cn2cc(C)ccc2n1. The van der Waals surface area contributed by atoms with Crippen LogP contribution in [0.4, 0.5) is 0 Å². The van der Waals surface area contributed by atoms with Crippen LogP contribution in [0.25, 0.3) is 5.65 Å². The van der Waals surface area contributed by atoms with Gasteiger partial charge in [0.25, 0.3) is 0 Å². The highest BCUT2D eigenvalue weighted by molar-refractivity contribution is 7.99. The number of aryl methyl sites for hydroxylation is 1. The second-order valence-electron chi connectivity index (χ2n) is 6.13. The monoisotopic (exact) mass is 335 g/mol. The first-order valence-electron chi connectivity index (χ1n) is 7.89. The zero-order valence-corrected chi connectivity index (χ0v) is 14.8. The lowest BCUT2D eigenvalue weighted by Gasteiger charge is -2.28. The summed E-state index contributed by atoms with van der Waals surface area (Å²) in [5.74, 6) is 1.11. The number of thioether (sulfide) groups is 1. The molecule has 126 valence electrons. The van der Waals surface area contributed by atoms with Gasteiger partial charge >= 0.3 is 0 Å². The molecule has 0 spiro atoms. The fourth-order valence-corrected chi connectivity index (χ4v) is 3.13. The van der Waals surface area contributed by atoms with Gasteiger partial charge in [-0.3, -0.25) is 4.79 Å². The van der Waals surface area contributed by atoms with E-state index in [1.807, 2.05) is 42.8 Å². The number of carbonyl (C=O) groups excluding carboxylic acids is 1. The van der Waals surface area contributed by atoms with Crippen LogP contribution in [0.15, 0.2) is 24.5 Å². The molecule has 2 N–H and O–H groups in total. The minimum atomic E-state index is -0.326. The number of hydrogen-bond acceptors (Lipinski definition) is 4. The molecule has 0 bridgehead atoms. The number of imidazole rings is 1. The van der Waals surface area contributed by atoms with Gasteiger partial charge in [0.15, 0.2) is 0 Å². The number of rotatable bonds is 8. The molecule has 0 fully saturated rings. The molecule has 5 nitrogen and oxygen atoms in total. The fraction of sp³-hybridized carbons (Fsp3) is 0.529. The van der Waals surface area contributed by atoms with Crippen LogP contribution in [0.2, 0.25) is 0 Å². The van der Waals surface area contributed by atoms with E-state index in [1.165, 1.54) is 5.56 Å². The van der Waals surface area contributed by atoms with Crippen LogP contribution in [0.5, 0.6) is 0 Å². The third-order valence-corrected chi connectivity index (χ3v) is 4.98. The third kappa shape index (κ3) is 4.97. The summed E-state index contributed by atoms with van der Waals surface area (Å²) in [6, 6.07) is 4.04. The topological polar surface area (TPSA) is 66.6 Å². The second-order valence-corrected chi connectivity index (χ2v) is 7.12. The summed E-state index contributed by atoms with van der Waals surface area (Å²) >= 11 is 1.55. The van der Waals surface area contributed by atoms with Crippen LogP contribution >= 0.6 is 11.8 Å². The molecule has 0 aromatic carbocycles. The summed E-state index contributed by atoms with van der Waals surface area (Å²) in [6.45, 7) is 6.12. The van der Waals surface area contributed by atoms with E-state index in [1.54, 1.807) is 11.8 Å². The van der Waals surface area contributed by atoms with Crippen molar-refractivity contribution in [3.05, 3.63) is 35.8 Å². The van der Waals surface area contributed by atoms with Gasteiger partial charge in [0.1, 0.15) is 5.65 Å². The third-order valence-electron chi connectivity index (χ3n) is 4.02. The minimum absolute atomic E-state index is 0.00686.